The Hall–Kier alpha value is -1.78. The minimum atomic E-state index is -0.261. The Labute approximate surface area is 61.1 Å². The zero-order chi connectivity index (χ0) is 7.68. The fourth-order valence-corrected chi connectivity index (χ4v) is 0.829. The Morgan fingerprint density at radius 2 is 2.27 bits per heavy atom. The highest BCUT2D eigenvalue weighted by molar-refractivity contribution is 5.74. The van der Waals surface area contributed by atoms with E-state index in [-0.39, 0.29) is 5.56 Å². The summed E-state index contributed by atoms with van der Waals surface area (Å²) in [6.07, 6.45) is 4.32. The van der Waals surface area contributed by atoms with Crippen LogP contribution in [0.25, 0.3) is 10.9 Å². The van der Waals surface area contributed by atoms with Gasteiger partial charge in [0.05, 0.1) is 17.1 Å². The maximum atomic E-state index is 11.0. The standard InChI is InChI=1S/C6H4N4O/c11-6-4-1-7-3-8-5(4)2-9-10-6/h1-3H,(H,10,11). The summed E-state index contributed by atoms with van der Waals surface area (Å²) in [5, 5.41) is 6.33. The van der Waals surface area contributed by atoms with E-state index in [2.05, 4.69) is 20.2 Å². The van der Waals surface area contributed by atoms with Crippen LogP contribution in [0.5, 0.6) is 0 Å². The molecular weight excluding hydrogens is 144 g/mol. The van der Waals surface area contributed by atoms with E-state index in [4.69, 9.17) is 0 Å². The number of hydrogen-bond donors (Lipinski definition) is 1. The number of nitrogens with zero attached hydrogens (tertiary/aromatic N) is 3. The molecule has 1 N–H and O–H groups in total. The van der Waals surface area contributed by atoms with Crippen molar-refractivity contribution >= 4 is 10.9 Å². The summed E-state index contributed by atoms with van der Waals surface area (Å²) in [7, 11) is 0. The molecule has 5 nitrogen and oxygen atoms in total. The average molecular weight is 148 g/mol. The second-order valence-electron chi connectivity index (χ2n) is 2.02. The minimum Gasteiger partial charge on any atom is -0.267 e. The molecule has 0 bridgehead atoms. The van der Waals surface area contributed by atoms with Gasteiger partial charge in [0.2, 0.25) is 0 Å². The van der Waals surface area contributed by atoms with Gasteiger partial charge in [0.25, 0.3) is 5.56 Å². The highest BCUT2D eigenvalue weighted by Gasteiger charge is 1.96. The van der Waals surface area contributed by atoms with Crippen LogP contribution in [0.4, 0.5) is 0 Å². The third-order valence-electron chi connectivity index (χ3n) is 1.34. The molecule has 0 aliphatic rings. The molecule has 0 aliphatic carbocycles. The van der Waals surface area contributed by atoms with Crippen LogP contribution in [0.15, 0.2) is 23.5 Å². The van der Waals surface area contributed by atoms with E-state index in [1.54, 1.807) is 0 Å². The molecule has 2 aromatic heterocycles. The van der Waals surface area contributed by atoms with Crippen molar-refractivity contribution in [2.24, 2.45) is 0 Å². The van der Waals surface area contributed by atoms with Crippen molar-refractivity contribution in [1.29, 1.82) is 0 Å². The van der Waals surface area contributed by atoms with Gasteiger partial charge in [-0.3, -0.25) is 4.79 Å². The van der Waals surface area contributed by atoms with Crippen molar-refractivity contribution < 1.29 is 0 Å². The van der Waals surface area contributed by atoms with Crippen LogP contribution in [0, 0.1) is 0 Å². The number of H-pyrrole nitrogens is 1. The van der Waals surface area contributed by atoms with Gasteiger partial charge in [0.1, 0.15) is 6.33 Å². The number of rotatable bonds is 0. The van der Waals surface area contributed by atoms with Crippen LogP contribution in [0.3, 0.4) is 0 Å². The minimum absolute atomic E-state index is 0.261. The third-order valence-corrected chi connectivity index (χ3v) is 1.34. The Kier molecular flexibility index (Phi) is 1.15. The lowest BCUT2D eigenvalue weighted by atomic mass is 10.4. The van der Waals surface area contributed by atoms with Crippen molar-refractivity contribution in [1.82, 2.24) is 20.2 Å². The van der Waals surface area contributed by atoms with Gasteiger partial charge >= 0.3 is 0 Å². The van der Waals surface area contributed by atoms with Gasteiger partial charge < -0.3 is 0 Å². The topological polar surface area (TPSA) is 71.5 Å². The summed E-state index contributed by atoms with van der Waals surface area (Å²) >= 11 is 0. The van der Waals surface area contributed by atoms with Gasteiger partial charge in [-0.25, -0.2) is 15.1 Å². The smallest absolute Gasteiger partial charge is 0.267 e. The van der Waals surface area contributed by atoms with E-state index < -0.39 is 0 Å². The van der Waals surface area contributed by atoms with E-state index in [1.807, 2.05) is 0 Å². The Morgan fingerprint density at radius 3 is 3.09 bits per heavy atom. The maximum Gasteiger partial charge on any atom is 0.275 e. The monoisotopic (exact) mass is 148 g/mol. The van der Waals surface area contributed by atoms with Crippen LogP contribution in [0.1, 0.15) is 0 Å². The number of aromatic nitrogens is 4. The molecule has 0 aliphatic heterocycles. The first kappa shape index (κ1) is 5.96. The van der Waals surface area contributed by atoms with Gasteiger partial charge in [-0.1, -0.05) is 0 Å². The highest BCUT2D eigenvalue weighted by Crippen LogP contribution is 1.97. The fourth-order valence-electron chi connectivity index (χ4n) is 0.829. The van der Waals surface area contributed by atoms with Gasteiger partial charge in [-0.05, 0) is 0 Å². The molecule has 0 fully saturated rings. The molecule has 0 atom stereocenters. The summed E-state index contributed by atoms with van der Waals surface area (Å²) in [6, 6.07) is 0. The molecule has 0 saturated heterocycles. The Balaban J connectivity index is 3.03. The molecule has 0 saturated carbocycles. The zero-order valence-electron chi connectivity index (χ0n) is 5.48. The van der Waals surface area contributed by atoms with Crippen molar-refractivity contribution in [3.8, 4) is 0 Å². The van der Waals surface area contributed by atoms with Crippen LogP contribution >= 0.6 is 0 Å². The van der Waals surface area contributed by atoms with Gasteiger partial charge in [-0.15, -0.1) is 0 Å². The van der Waals surface area contributed by atoms with Crippen molar-refractivity contribution in [2.75, 3.05) is 0 Å². The summed E-state index contributed by atoms with van der Waals surface area (Å²) < 4.78 is 0. The molecule has 0 spiro atoms. The first-order valence-corrected chi connectivity index (χ1v) is 3.01. The molecule has 54 valence electrons. The third kappa shape index (κ3) is 0.861. The lowest BCUT2D eigenvalue weighted by molar-refractivity contribution is 0.999. The molecular formula is C6H4N4O. The second kappa shape index (κ2) is 2.12. The summed E-state index contributed by atoms with van der Waals surface area (Å²) in [6.45, 7) is 0. The van der Waals surface area contributed by atoms with Crippen molar-refractivity contribution in [3.63, 3.8) is 0 Å². The largest absolute Gasteiger partial charge is 0.275 e. The van der Waals surface area contributed by atoms with Crippen LogP contribution in [0.2, 0.25) is 0 Å². The van der Waals surface area contributed by atoms with Crippen LogP contribution in [-0.4, -0.2) is 20.2 Å². The van der Waals surface area contributed by atoms with Crippen molar-refractivity contribution in [2.45, 2.75) is 0 Å². The van der Waals surface area contributed by atoms with E-state index >= 15 is 0 Å². The predicted molar refractivity (Wildman–Crippen MR) is 38.0 cm³/mol. The van der Waals surface area contributed by atoms with E-state index in [9.17, 15) is 4.79 Å². The lowest BCUT2D eigenvalue weighted by Gasteiger charge is -1.89. The van der Waals surface area contributed by atoms with Gasteiger partial charge in [-0.2, -0.15) is 5.10 Å². The maximum absolute atomic E-state index is 11.0. The van der Waals surface area contributed by atoms with E-state index in [0.29, 0.717) is 10.9 Å². The van der Waals surface area contributed by atoms with Gasteiger partial charge in [0.15, 0.2) is 0 Å². The summed E-state index contributed by atoms with van der Waals surface area (Å²) in [5.74, 6) is 0. The van der Waals surface area contributed by atoms with Crippen molar-refractivity contribution in [3.05, 3.63) is 29.1 Å². The average Bonchev–Trinajstić information content (AvgIpc) is 2.06. The molecule has 0 radical (unpaired) electrons. The van der Waals surface area contributed by atoms with Crippen LogP contribution < -0.4 is 5.56 Å². The molecule has 2 heterocycles. The predicted octanol–water partition coefficient (Wildman–Crippen LogP) is -0.287. The first-order chi connectivity index (χ1) is 5.38. The summed E-state index contributed by atoms with van der Waals surface area (Å²) in [5.41, 5.74) is 0.298. The quantitative estimate of drug-likeness (QED) is 0.557. The second-order valence-corrected chi connectivity index (χ2v) is 2.02. The molecule has 11 heavy (non-hydrogen) atoms. The molecule has 0 unspecified atom stereocenters. The fraction of sp³-hybridized carbons (Fsp3) is 0. The molecule has 0 amide bonds. The molecule has 2 rings (SSSR count). The van der Waals surface area contributed by atoms with Crippen LogP contribution in [-0.2, 0) is 0 Å². The summed E-state index contributed by atoms with van der Waals surface area (Å²) in [4.78, 5) is 18.5. The van der Waals surface area contributed by atoms with Gasteiger partial charge in [0, 0.05) is 6.20 Å². The first-order valence-electron chi connectivity index (χ1n) is 3.01. The molecule has 2 aromatic rings. The van der Waals surface area contributed by atoms with E-state index in [1.165, 1.54) is 18.7 Å². The normalized spacial score (nSPS) is 10.2. The van der Waals surface area contributed by atoms with E-state index in [0.717, 1.165) is 0 Å². The lowest BCUT2D eigenvalue weighted by Crippen LogP contribution is -2.08. The Morgan fingerprint density at radius 1 is 1.36 bits per heavy atom. The number of hydrogen-bond acceptors (Lipinski definition) is 4. The zero-order valence-corrected chi connectivity index (χ0v) is 5.48. The number of fused-ring (bicyclic) bond motifs is 1. The SMILES string of the molecule is O=c1[nH]ncc2ncncc12. The molecule has 5 heteroatoms. The highest BCUT2D eigenvalue weighted by atomic mass is 16.1. The number of nitrogens with one attached hydrogen (secondary N) is 1. The molecule has 0 aromatic carbocycles. The Bertz CT molecular complexity index is 430. The number of aromatic amines is 1.